The van der Waals surface area contributed by atoms with Crippen LogP contribution in [0.2, 0.25) is 0 Å². The van der Waals surface area contributed by atoms with Gasteiger partial charge in [-0.2, -0.15) is 0 Å². The highest BCUT2D eigenvalue weighted by molar-refractivity contribution is 7.15. The molecule has 0 amide bonds. The summed E-state index contributed by atoms with van der Waals surface area (Å²) in [5.41, 5.74) is 0.104. The average molecular weight is 359 g/mol. The fourth-order valence-electron chi connectivity index (χ4n) is 3.71. The molecule has 1 aliphatic rings. The number of rotatable bonds is 4. The van der Waals surface area contributed by atoms with E-state index in [0.29, 0.717) is 30.2 Å². The number of fused-ring (bicyclic) bond motifs is 1. The lowest BCUT2D eigenvalue weighted by Gasteiger charge is -2.04. The number of nitrogens with one attached hydrogen (secondary N) is 1. The molecular formula is C17H21N5O2S. The fraction of sp³-hybridized carbons (Fsp3) is 0.529. The zero-order valence-electron chi connectivity index (χ0n) is 14.4. The summed E-state index contributed by atoms with van der Waals surface area (Å²) in [4.78, 5) is 37.1. The highest BCUT2D eigenvalue weighted by Crippen LogP contribution is 2.38. The van der Waals surface area contributed by atoms with E-state index in [-0.39, 0.29) is 5.56 Å². The van der Waals surface area contributed by atoms with Crippen LogP contribution >= 0.6 is 11.3 Å². The third kappa shape index (κ3) is 2.55. The third-order valence-electron chi connectivity index (χ3n) is 4.97. The predicted molar refractivity (Wildman–Crippen MR) is 98.3 cm³/mol. The lowest BCUT2D eigenvalue weighted by molar-refractivity contribution is 0.716. The van der Waals surface area contributed by atoms with Gasteiger partial charge in [-0.3, -0.25) is 14.3 Å². The van der Waals surface area contributed by atoms with Gasteiger partial charge in [0.1, 0.15) is 0 Å². The molecule has 0 saturated heterocycles. The molecule has 1 N–H and O–H groups in total. The molecular weight excluding hydrogens is 338 g/mol. The molecule has 0 atom stereocenters. The van der Waals surface area contributed by atoms with Crippen LogP contribution < -0.4 is 11.2 Å². The molecule has 3 heterocycles. The van der Waals surface area contributed by atoms with E-state index < -0.39 is 5.69 Å². The van der Waals surface area contributed by atoms with E-state index in [4.69, 9.17) is 0 Å². The monoisotopic (exact) mass is 359 g/mol. The number of aromatic amines is 1. The number of H-pyrrole nitrogens is 1. The van der Waals surface area contributed by atoms with Crippen molar-refractivity contribution >= 4 is 22.5 Å². The first-order chi connectivity index (χ1) is 12.1. The van der Waals surface area contributed by atoms with Crippen molar-refractivity contribution in [3.8, 4) is 10.7 Å². The molecule has 0 aromatic carbocycles. The van der Waals surface area contributed by atoms with Crippen molar-refractivity contribution in [3.05, 3.63) is 32.0 Å². The van der Waals surface area contributed by atoms with Crippen molar-refractivity contribution in [1.82, 2.24) is 24.1 Å². The van der Waals surface area contributed by atoms with Crippen LogP contribution in [-0.4, -0.2) is 24.1 Å². The van der Waals surface area contributed by atoms with Crippen LogP contribution in [0.5, 0.6) is 0 Å². The molecule has 7 nitrogen and oxygen atoms in total. The molecule has 0 spiro atoms. The maximum absolute atomic E-state index is 12.4. The number of nitrogens with zero attached hydrogens (tertiary/aromatic N) is 4. The van der Waals surface area contributed by atoms with Gasteiger partial charge in [0, 0.05) is 25.2 Å². The first kappa shape index (κ1) is 16.3. The second-order valence-electron chi connectivity index (χ2n) is 6.40. The molecule has 25 heavy (non-hydrogen) atoms. The van der Waals surface area contributed by atoms with Crippen molar-refractivity contribution in [1.29, 1.82) is 0 Å². The Morgan fingerprint density at radius 2 is 1.92 bits per heavy atom. The molecule has 4 rings (SSSR count). The van der Waals surface area contributed by atoms with Gasteiger partial charge in [-0.15, -0.1) is 11.3 Å². The van der Waals surface area contributed by atoms with E-state index in [2.05, 4.69) is 15.0 Å². The van der Waals surface area contributed by atoms with E-state index >= 15 is 0 Å². The molecule has 8 heteroatoms. The summed E-state index contributed by atoms with van der Waals surface area (Å²) in [5, 5.41) is 1.16. The molecule has 1 saturated carbocycles. The van der Waals surface area contributed by atoms with E-state index in [9.17, 15) is 9.59 Å². The van der Waals surface area contributed by atoms with Crippen LogP contribution in [-0.2, 0) is 13.1 Å². The molecule has 0 bridgehead atoms. The van der Waals surface area contributed by atoms with Gasteiger partial charge in [-0.25, -0.2) is 14.8 Å². The van der Waals surface area contributed by atoms with Gasteiger partial charge in [0.15, 0.2) is 17.0 Å². The Morgan fingerprint density at radius 1 is 1.20 bits per heavy atom. The molecule has 0 unspecified atom stereocenters. The number of thiazole rings is 1. The van der Waals surface area contributed by atoms with E-state index in [1.54, 1.807) is 11.3 Å². The van der Waals surface area contributed by atoms with Gasteiger partial charge in [-0.05, 0) is 26.7 Å². The average Bonchev–Trinajstić information content (AvgIpc) is 3.32. The highest BCUT2D eigenvalue weighted by Gasteiger charge is 2.23. The predicted octanol–water partition coefficient (Wildman–Crippen LogP) is 2.71. The van der Waals surface area contributed by atoms with Gasteiger partial charge in [0.2, 0.25) is 0 Å². The molecule has 0 aliphatic heterocycles. The second-order valence-corrected chi connectivity index (χ2v) is 7.46. The zero-order chi connectivity index (χ0) is 17.6. The Kier molecular flexibility index (Phi) is 4.07. The van der Waals surface area contributed by atoms with Crippen LogP contribution in [0.25, 0.3) is 21.9 Å². The summed E-state index contributed by atoms with van der Waals surface area (Å²) in [6.45, 7) is 4.91. The lowest BCUT2D eigenvalue weighted by atomic mass is 10.1. The smallest absolute Gasteiger partial charge is 0.318 e. The van der Waals surface area contributed by atoms with Crippen molar-refractivity contribution in [3.63, 3.8) is 0 Å². The molecule has 0 radical (unpaired) electrons. The van der Waals surface area contributed by atoms with Crippen LogP contribution in [0.15, 0.2) is 15.8 Å². The first-order valence-corrected chi connectivity index (χ1v) is 9.65. The summed E-state index contributed by atoms with van der Waals surface area (Å²) in [7, 11) is 0. The summed E-state index contributed by atoms with van der Waals surface area (Å²) < 4.78 is 3.39. The number of aryl methyl sites for hydroxylation is 2. The Morgan fingerprint density at radius 3 is 2.60 bits per heavy atom. The third-order valence-corrected chi connectivity index (χ3v) is 6.12. The largest absolute Gasteiger partial charge is 0.330 e. The molecule has 3 aromatic rings. The Balaban J connectivity index is 1.91. The number of aromatic nitrogens is 5. The van der Waals surface area contributed by atoms with Gasteiger partial charge in [-0.1, -0.05) is 12.8 Å². The van der Waals surface area contributed by atoms with Crippen LogP contribution in [0.1, 0.15) is 50.5 Å². The minimum atomic E-state index is -0.414. The summed E-state index contributed by atoms with van der Waals surface area (Å²) >= 11 is 1.66. The van der Waals surface area contributed by atoms with Crippen molar-refractivity contribution in [2.24, 2.45) is 0 Å². The summed E-state index contributed by atoms with van der Waals surface area (Å²) in [6, 6.07) is 0. The normalized spacial score (nSPS) is 15.4. The first-order valence-electron chi connectivity index (χ1n) is 8.83. The minimum Gasteiger partial charge on any atom is -0.318 e. The van der Waals surface area contributed by atoms with Crippen LogP contribution in [0.3, 0.4) is 0 Å². The molecule has 1 aliphatic carbocycles. The van der Waals surface area contributed by atoms with E-state index in [0.717, 1.165) is 15.7 Å². The molecule has 3 aromatic heterocycles. The van der Waals surface area contributed by atoms with Crippen molar-refractivity contribution in [2.75, 3.05) is 0 Å². The number of hydrogen-bond acceptors (Lipinski definition) is 5. The van der Waals surface area contributed by atoms with E-state index in [1.807, 2.05) is 24.6 Å². The Bertz CT molecular complexity index is 1040. The maximum Gasteiger partial charge on any atom is 0.330 e. The summed E-state index contributed by atoms with van der Waals surface area (Å²) in [5.74, 6) is 1.27. The molecule has 132 valence electrons. The zero-order valence-corrected chi connectivity index (χ0v) is 15.2. The fourth-order valence-corrected chi connectivity index (χ4v) is 4.80. The van der Waals surface area contributed by atoms with E-state index in [1.165, 1.54) is 30.3 Å². The van der Waals surface area contributed by atoms with Gasteiger partial charge in [0.05, 0.1) is 9.88 Å². The van der Waals surface area contributed by atoms with Gasteiger partial charge >= 0.3 is 5.69 Å². The second kappa shape index (κ2) is 6.25. The number of hydrogen-bond donors (Lipinski definition) is 1. The lowest BCUT2D eigenvalue weighted by Crippen LogP contribution is -2.30. The highest BCUT2D eigenvalue weighted by atomic mass is 32.1. The summed E-state index contributed by atoms with van der Waals surface area (Å²) in [6.07, 6.45) is 6.79. The number of imidazole rings is 1. The quantitative estimate of drug-likeness (QED) is 0.776. The van der Waals surface area contributed by atoms with Crippen molar-refractivity contribution in [2.45, 2.75) is 58.5 Å². The Labute approximate surface area is 148 Å². The van der Waals surface area contributed by atoms with Crippen LogP contribution in [0.4, 0.5) is 0 Å². The van der Waals surface area contributed by atoms with Crippen LogP contribution in [0, 0.1) is 0 Å². The van der Waals surface area contributed by atoms with Crippen molar-refractivity contribution < 1.29 is 0 Å². The molecule has 1 fully saturated rings. The SMILES string of the molecule is CCn1c(-c2cnc(C3CCCC3)s2)nc2c1c(=O)[nH]c(=O)n2CC. The standard InChI is InChI=1S/C17H21N5O2S/c1-3-21-12-14(22(4-2)17(24)20-15(12)23)19-13(21)11-9-18-16(25-11)10-7-5-6-8-10/h9-10H,3-8H2,1-2H3,(H,20,23,24). The minimum absolute atomic E-state index is 0.383. The maximum atomic E-state index is 12.4. The van der Waals surface area contributed by atoms with Gasteiger partial charge < -0.3 is 4.57 Å². The Hall–Kier alpha value is -2.22. The van der Waals surface area contributed by atoms with Gasteiger partial charge in [0.25, 0.3) is 5.56 Å². The topological polar surface area (TPSA) is 85.6 Å².